The van der Waals surface area contributed by atoms with Gasteiger partial charge < -0.3 is 0 Å². The molecular formula is C10H13Na. The molecule has 0 heterocycles. The summed E-state index contributed by atoms with van der Waals surface area (Å²) in [5, 5.41) is 0. The summed E-state index contributed by atoms with van der Waals surface area (Å²) < 4.78 is 0. The molecule has 0 aliphatic carbocycles. The quantitative estimate of drug-likeness (QED) is 0.404. The predicted molar refractivity (Wildman–Crippen MR) is 44.0 cm³/mol. The third-order valence-corrected chi connectivity index (χ3v) is 1.73. The first kappa shape index (κ1) is 11.2. The Balaban J connectivity index is 0.000001000. The van der Waals surface area contributed by atoms with Gasteiger partial charge in [-0.2, -0.15) is 35.4 Å². The Kier molecular flexibility index (Phi) is 5.93. The zero-order chi connectivity index (χ0) is 7.40. The number of hydrogen-bond acceptors (Lipinski definition) is 0. The molecule has 54 valence electrons. The summed E-state index contributed by atoms with van der Waals surface area (Å²) in [6, 6.07) is 9.65. The molecule has 0 saturated carbocycles. The maximum atomic E-state index is 3.24. The molecule has 11 heavy (non-hydrogen) atoms. The molecule has 0 aromatic heterocycles. The zero-order valence-corrected chi connectivity index (χ0v) is 9.65. The molecular weight excluding hydrogens is 143 g/mol. The summed E-state index contributed by atoms with van der Waals surface area (Å²) in [5.74, 6) is 0. The molecule has 0 amide bonds. The van der Waals surface area contributed by atoms with Crippen molar-refractivity contribution in [1.82, 2.24) is 0 Å². The fourth-order valence-electron chi connectivity index (χ4n) is 0.929. The van der Waals surface area contributed by atoms with E-state index in [1.165, 1.54) is 11.1 Å². The van der Waals surface area contributed by atoms with Crippen LogP contribution in [0.4, 0.5) is 0 Å². The van der Waals surface area contributed by atoms with Crippen LogP contribution in [0.25, 0.3) is 0 Å². The molecule has 0 radical (unpaired) electrons. The number of hydrogen-bond donors (Lipinski definition) is 0. The molecule has 0 aliphatic heterocycles. The van der Waals surface area contributed by atoms with Crippen molar-refractivity contribution in [3.63, 3.8) is 0 Å². The maximum absolute atomic E-state index is 3.24. The summed E-state index contributed by atoms with van der Waals surface area (Å²) in [5.41, 5.74) is 2.68. The molecule has 1 heteroatoms. The van der Waals surface area contributed by atoms with E-state index in [1.54, 1.807) is 0 Å². The monoisotopic (exact) mass is 156 g/mol. The van der Waals surface area contributed by atoms with E-state index in [0.29, 0.717) is 0 Å². The van der Waals surface area contributed by atoms with E-state index in [4.69, 9.17) is 0 Å². The van der Waals surface area contributed by atoms with Crippen LogP contribution in [-0.4, -0.2) is 0 Å². The molecule has 0 nitrogen and oxygen atoms in total. The first-order valence-electron chi connectivity index (χ1n) is 3.86. The average molecular weight is 156 g/mol. The van der Waals surface area contributed by atoms with E-state index < -0.39 is 0 Å². The van der Waals surface area contributed by atoms with E-state index >= 15 is 0 Å². The van der Waals surface area contributed by atoms with Gasteiger partial charge in [-0.05, 0) is 0 Å². The third kappa shape index (κ3) is 3.42. The van der Waals surface area contributed by atoms with Crippen LogP contribution >= 0.6 is 0 Å². The molecule has 0 bridgehead atoms. The Bertz CT molecular complexity index is 166. The van der Waals surface area contributed by atoms with Crippen molar-refractivity contribution in [2.45, 2.75) is 26.7 Å². The van der Waals surface area contributed by atoms with Gasteiger partial charge in [-0.25, -0.2) is 0 Å². The topological polar surface area (TPSA) is 0 Å². The molecule has 0 saturated heterocycles. The Morgan fingerprint density at radius 1 is 1.18 bits per heavy atom. The Morgan fingerprint density at radius 3 is 2.27 bits per heavy atom. The van der Waals surface area contributed by atoms with Crippen molar-refractivity contribution in [3.05, 3.63) is 35.4 Å². The van der Waals surface area contributed by atoms with Crippen LogP contribution in [0.15, 0.2) is 18.2 Å². The van der Waals surface area contributed by atoms with Gasteiger partial charge in [0.25, 0.3) is 0 Å². The van der Waals surface area contributed by atoms with Crippen LogP contribution in [0.2, 0.25) is 0 Å². The average Bonchev–Trinajstić information content (AvgIpc) is 2.05. The summed E-state index contributed by atoms with van der Waals surface area (Å²) >= 11 is 0. The molecule has 0 atom stereocenters. The normalized spacial score (nSPS) is 8.91. The Labute approximate surface area is 91.3 Å². The van der Waals surface area contributed by atoms with Gasteiger partial charge in [0.2, 0.25) is 0 Å². The van der Waals surface area contributed by atoms with Gasteiger partial charge in [-0.3, -0.25) is 0 Å². The minimum Gasteiger partial charge on any atom is -0.180 e. The molecule has 0 fully saturated rings. The van der Waals surface area contributed by atoms with Gasteiger partial charge in [0.15, 0.2) is 0 Å². The minimum atomic E-state index is 0. The Hall–Kier alpha value is 0.220. The largest absolute Gasteiger partial charge is 1.00 e. The first-order chi connectivity index (χ1) is 4.86. The van der Waals surface area contributed by atoms with Gasteiger partial charge in [0.1, 0.15) is 0 Å². The van der Waals surface area contributed by atoms with Crippen molar-refractivity contribution in [2.24, 2.45) is 0 Å². The van der Waals surface area contributed by atoms with E-state index in [2.05, 4.69) is 38.1 Å². The number of benzene rings is 1. The van der Waals surface area contributed by atoms with Crippen molar-refractivity contribution >= 4 is 0 Å². The molecule has 1 aromatic carbocycles. The number of rotatable bonds is 2. The minimum absolute atomic E-state index is 0. The number of aryl methyl sites for hydroxylation is 2. The Morgan fingerprint density at radius 2 is 1.91 bits per heavy atom. The van der Waals surface area contributed by atoms with Gasteiger partial charge in [-0.15, -0.1) is 0 Å². The van der Waals surface area contributed by atoms with Crippen molar-refractivity contribution in [1.29, 1.82) is 0 Å². The fraction of sp³-hybridized carbons (Fsp3) is 0.400. The summed E-state index contributed by atoms with van der Waals surface area (Å²) in [4.78, 5) is 0. The van der Waals surface area contributed by atoms with Gasteiger partial charge in [0, 0.05) is 0 Å². The third-order valence-electron chi connectivity index (χ3n) is 1.73. The van der Waals surface area contributed by atoms with Crippen molar-refractivity contribution in [2.75, 3.05) is 0 Å². The predicted octanol–water partition coefficient (Wildman–Crippen LogP) is -0.384. The van der Waals surface area contributed by atoms with Gasteiger partial charge >= 0.3 is 29.6 Å². The summed E-state index contributed by atoms with van der Waals surface area (Å²) in [6.45, 7) is 4.31. The SMILES string of the molecule is CCc1[c-]cc(CC)cc1.[Na+]. The van der Waals surface area contributed by atoms with Crippen LogP contribution in [0.1, 0.15) is 25.0 Å². The van der Waals surface area contributed by atoms with E-state index in [0.717, 1.165) is 12.8 Å². The van der Waals surface area contributed by atoms with E-state index in [9.17, 15) is 0 Å². The van der Waals surface area contributed by atoms with Crippen LogP contribution < -0.4 is 29.6 Å². The van der Waals surface area contributed by atoms with Crippen molar-refractivity contribution < 1.29 is 29.6 Å². The van der Waals surface area contributed by atoms with Gasteiger partial charge in [-0.1, -0.05) is 26.7 Å². The zero-order valence-electron chi connectivity index (χ0n) is 7.65. The molecule has 0 spiro atoms. The van der Waals surface area contributed by atoms with Crippen LogP contribution in [-0.2, 0) is 12.8 Å². The van der Waals surface area contributed by atoms with Crippen LogP contribution in [0, 0.1) is 6.07 Å². The van der Waals surface area contributed by atoms with E-state index in [-0.39, 0.29) is 29.6 Å². The molecule has 1 rings (SSSR count). The fourth-order valence-corrected chi connectivity index (χ4v) is 0.929. The maximum Gasteiger partial charge on any atom is 1.00 e. The second-order valence-electron chi connectivity index (χ2n) is 2.43. The van der Waals surface area contributed by atoms with Crippen molar-refractivity contribution in [3.8, 4) is 0 Å². The molecule has 0 N–H and O–H groups in total. The summed E-state index contributed by atoms with van der Waals surface area (Å²) in [7, 11) is 0. The van der Waals surface area contributed by atoms with Crippen LogP contribution in [0.3, 0.4) is 0 Å². The molecule has 0 unspecified atom stereocenters. The summed E-state index contributed by atoms with van der Waals surface area (Å²) in [6.07, 6.45) is 2.20. The van der Waals surface area contributed by atoms with E-state index in [1.807, 2.05) is 0 Å². The molecule has 1 aromatic rings. The smallest absolute Gasteiger partial charge is 0.180 e. The van der Waals surface area contributed by atoms with Gasteiger partial charge in [0.05, 0.1) is 0 Å². The second-order valence-corrected chi connectivity index (χ2v) is 2.43. The van der Waals surface area contributed by atoms with Crippen LogP contribution in [0.5, 0.6) is 0 Å². The second kappa shape index (κ2) is 5.82. The first-order valence-corrected chi connectivity index (χ1v) is 3.86. The standard InChI is InChI=1S/C10H13.Na/c1-3-9-5-7-10(4-2)8-6-9;/h5-7H,3-4H2,1-2H3;/q-1;+1. The molecule has 0 aliphatic rings.